The molecule has 0 aromatic rings. The fraction of sp³-hybridized carbons (Fsp3) is 0.667. The first kappa shape index (κ1) is 8.05. The Morgan fingerprint density at radius 1 is 1.56 bits per heavy atom. The lowest BCUT2D eigenvalue weighted by Gasteiger charge is -1.80. The van der Waals surface area contributed by atoms with Gasteiger partial charge in [0.05, 0.1) is 0 Å². The summed E-state index contributed by atoms with van der Waals surface area (Å²) in [7, 11) is 0. The van der Waals surface area contributed by atoms with E-state index in [0.717, 1.165) is 12.8 Å². The Morgan fingerprint density at radius 2 is 2.33 bits per heavy atom. The molecule has 0 atom stereocenters. The predicted molar refractivity (Wildman–Crippen MR) is 38.1 cm³/mol. The van der Waals surface area contributed by atoms with Crippen LogP contribution in [0.25, 0.3) is 10.4 Å². The molecule has 50 valence electrons. The molecule has 0 radical (unpaired) electrons. The van der Waals surface area contributed by atoms with Crippen LogP contribution < -0.4 is 0 Å². The summed E-state index contributed by atoms with van der Waals surface area (Å²) in [6.07, 6.45) is 6.00. The molecule has 0 saturated carbocycles. The molecule has 0 bridgehead atoms. The molecule has 0 amide bonds. The summed E-state index contributed by atoms with van der Waals surface area (Å²) in [5.74, 6) is 0. The van der Waals surface area contributed by atoms with Gasteiger partial charge in [0.1, 0.15) is 0 Å². The fourth-order valence-electron chi connectivity index (χ4n) is 0.462. The summed E-state index contributed by atoms with van der Waals surface area (Å²) in [6.45, 7) is 2.65. The van der Waals surface area contributed by atoms with E-state index in [1.165, 1.54) is 0 Å². The van der Waals surface area contributed by atoms with E-state index in [4.69, 9.17) is 5.53 Å². The van der Waals surface area contributed by atoms with Crippen molar-refractivity contribution in [2.45, 2.75) is 19.8 Å². The van der Waals surface area contributed by atoms with Gasteiger partial charge in [0.25, 0.3) is 0 Å². The topological polar surface area (TPSA) is 48.8 Å². The summed E-state index contributed by atoms with van der Waals surface area (Å²) in [5.41, 5.74) is 7.86. The highest BCUT2D eigenvalue weighted by Gasteiger charge is 1.73. The standard InChI is InChI=1S/C6H11N3/c1-2-3-4-5-6-8-9-7/h3-4H,2,5-6H2,1H3/b4-3-. The maximum Gasteiger partial charge on any atom is 0.0292 e. The summed E-state index contributed by atoms with van der Waals surface area (Å²) >= 11 is 0. The Morgan fingerprint density at radius 3 is 2.89 bits per heavy atom. The molecule has 3 nitrogen and oxygen atoms in total. The minimum atomic E-state index is 0.576. The molecule has 0 aromatic heterocycles. The summed E-state index contributed by atoms with van der Waals surface area (Å²) < 4.78 is 0. The number of azide groups is 1. The molecular weight excluding hydrogens is 114 g/mol. The van der Waals surface area contributed by atoms with Crippen molar-refractivity contribution in [3.63, 3.8) is 0 Å². The summed E-state index contributed by atoms with van der Waals surface area (Å²) in [5, 5.41) is 3.37. The van der Waals surface area contributed by atoms with Gasteiger partial charge in [-0.3, -0.25) is 0 Å². The minimum absolute atomic E-state index is 0.576. The lowest BCUT2D eigenvalue weighted by molar-refractivity contribution is 0.984. The summed E-state index contributed by atoms with van der Waals surface area (Å²) in [6, 6.07) is 0. The van der Waals surface area contributed by atoms with Crippen molar-refractivity contribution >= 4 is 0 Å². The van der Waals surface area contributed by atoms with Crippen LogP contribution in [0.4, 0.5) is 0 Å². The first-order chi connectivity index (χ1) is 4.41. The van der Waals surface area contributed by atoms with E-state index in [0.29, 0.717) is 6.54 Å². The lowest BCUT2D eigenvalue weighted by Crippen LogP contribution is -1.71. The second-order valence-corrected chi connectivity index (χ2v) is 1.62. The number of nitrogens with zero attached hydrogens (tertiary/aromatic N) is 3. The average Bonchev–Trinajstić information content (AvgIpc) is 1.89. The van der Waals surface area contributed by atoms with Crippen molar-refractivity contribution in [1.82, 2.24) is 0 Å². The molecule has 0 aliphatic carbocycles. The van der Waals surface area contributed by atoms with Crippen LogP contribution in [0.15, 0.2) is 17.3 Å². The molecule has 0 N–H and O–H groups in total. The van der Waals surface area contributed by atoms with Crippen LogP contribution in [-0.2, 0) is 0 Å². The highest BCUT2D eigenvalue weighted by Crippen LogP contribution is 1.86. The second kappa shape index (κ2) is 7.05. The third-order valence-corrected chi connectivity index (χ3v) is 0.861. The molecule has 0 saturated heterocycles. The minimum Gasteiger partial charge on any atom is -0.0937 e. The molecule has 0 unspecified atom stereocenters. The van der Waals surface area contributed by atoms with Crippen LogP contribution in [0.5, 0.6) is 0 Å². The van der Waals surface area contributed by atoms with Gasteiger partial charge in [0, 0.05) is 11.5 Å². The maximum absolute atomic E-state index is 7.86. The summed E-state index contributed by atoms with van der Waals surface area (Å²) in [4.78, 5) is 2.62. The van der Waals surface area contributed by atoms with Crippen molar-refractivity contribution in [2.75, 3.05) is 6.54 Å². The highest BCUT2D eigenvalue weighted by atomic mass is 15.1. The van der Waals surface area contributed by atoms with Gasteiger partial charge in [0.2, 0.25) is 0 Å². The third kappa shape index (κ3) is 7.05. The zero-order valence-electron chi connectivity index (χ0n) is 5.62. The quantitative estimate of drug-likeness (QED) is 0.182. The monoisotopic (exact) mass is 125 g/mol. The van der Waals surface area contributed by atoms with Gasteiger partial charge < -0.3 is 0 Å². The molecule has 0 rings (SSSR count). The SMILES string of the molecule is CC/C=C\CCN=[N+]=[N-]. The van der Waals surface area contributed by atoms with Crippen LogP contribution in [0, 0.1) is 0 Å². The smallest absolute Gasteiger partial charge is 0.0292 e. The van der Waals surface area contributed by atoms with E-state index < -0.39 is 0 Å². The van der Waals surface area contributed by atoms with Crippen molar-refractivity contribution in [3.8, 4) is 0 Å². The largest absolute Gasteiger partial charge is 0.0937 e. The molecule has 0 spiro atoms. The van der Waals surface area contributed by atoms with E-state index in [9.17, 15) is 0 Å². The van der Waals surface area contributed by atoms with Crippen LogP contribution in [0.3, 0.4) is 0 Å². The van der Waals surface area contributed by atoms with E-state index in [1.807, 2.05) is 6.08 Å². The molecule has 0 aliphatic heterocycles. The van der Waals surface area contributed by atoms with Crippen molar-refractivity contribution < 1.29 is 0 Å². The van der Waals surface area contributed by atoms with Gasteiger partial charge in [-0.05, 0) is 18.4 Å². The van der Waals surface area contributed by atoms with Crippen molar-refractivity contribution in [3.05, 3.63) is 22.6 Å². The molecule has 0 heterocycles. The molecule has 0 aliphatic rings. The van der Waals surface area contributed by atoms with Gasteiger partial charge in [-0.2, -0.15) is 0 Å². The van der Waals surface area contributed by atoms with Crippen LogP contribution >= 0.6 is 0 Å². The van der Waals surface area contributed by atoms with Gasteiger partial charge in [0.15, 0.2) is 0 Å². The molecule has 9 heavy (non-hydrogen) atoms. The van der Waals surface area contributed by atoms with Crippen molar-refractivity contribution in [2.24, 2.45) is 5.11 Å². The predicted octanol–water partition coefficient (Wildman–Crippen LogP) is 2.65. The first-order valence-corrected chi connectivity index (χ1v) is 3.07. The number of rotatable bonds is 4. The molecule has 3 heteroatoms. The Labute approximate surface area is 55.0 Å². The molecule has 0 aromatic carbocycles. The van der Waals surface area contributed by atoms with Crippen molar-refractivity contribution in [1.29, 1.82) is 0 Å². The fourth-order valence-corrected chi connectivity index (χ4v) is 0.462. The zero-order valence-corrected chi connectivity index (χ0v) is 5.62. The third-order valence-electron chi connectivity index (χ3n) is 0.861. The van der Waals surface area contributed by atoms with E-state index in [1.54, 1.807) is 0 Å². The lowest BCUT2D eigenvalue weighted by atomic mass is 10.3. The Balaban J connectivity index is 3.08. The van der Waals surface area contributed by atoms with Gasteiger partial charge >= 0.3 is 0 Å². The Kier molecular flexibility index (Phi) is 6.31. The van der Waals surface area contributed by atoms with Crippen LogP contribution in [0.1, 0.15) is 19.8 Å². The average molecular weight is 125 g/mol. The normalized spacial score (nSPS) is 9.44. The second-order valence-electron chi connectivity index (χ2n) is 1.62. The van der Waals surface area contributed by atoms with Crippen LogP contribution in [0.2, 0.25) is 0 Å². The Hall–Kier alpha value is -0.950. The zero-order chi connectivity index (χ0) is 6.95. The van der Waals surface area contributed by atoms with E-state index in [2.05, 4.69) is 23.0 Å². The van der Waals surface area contributed by atoms with Gasteiger partial charge in [-0.15, -0.1) is 0 Å². The number of hydrogen-bond donors (Lipinski definition) is 0. The van der Waals surface area contributed by atoms with Gasteiger partial charge in [-0.1, -0.05) is 24.2 Å². The number of hydrogen-bond acceptors (Lipinski definition) is 1. The highest BCUT2D eigenvalue weighted by molar-refractivity contribution is 4.80. The molecule has 0 fully saturated rings. The van der Waals surface area contributed by atoms with E-state index in [-0.39, 0.29) is 0 Å². The van der Waals surface area contributed by atoms with Crippen LogP contribution in [-0.4, -0.2) is 6.54 Å². The first-order valence-electron chi connectivity index (χ1n) is 3.07. The van der Waals surface area contributed by atoms with E-state index >= 15 is 0 Å². The Bertz CT molecular complexity index is 122. The number of allylic oxidation sites excluding steroid dienone is 1. The van der Waals surface area contributed by atoms with Gasteiger partial charge in [-0.25, -0.2) is 0 Å². The molecular formula is C6H11N3. The maximum atomic E-state index is 7.86.